The molecule has 170 valence electrons. The molecule has 1 heterocycles. The molecule has 0 aliphatic rings. The quantitative estimate of drug-likeness (QED) is 0.391. The Kier molecular flexibility index (Phi) is 5.99. The molecule has 7 heteroatoms. The van der Waals surface area contributed by atoms with Crippen LogP contribution in [0.3, 0.4) is 0 Å². The molecule has 0 saturated heterocycles. The minimum absolute atomic E-state index is 0.150. The van der Waals surface area contributed by atoms with Gasteiger partial charge in [-0.1, -0.05) is 18.2 Å². The molecule has 4 rings (SSSR count). The Hall–Kier alpha value is -3.58. The Morgan fingerprint density at radius 3 is 2.21 bits per heavy atom. The zero-order chi connectivity index (χ0) is 23.8. The van der Waals surface area contributed by atoms with Crippen LogP contribution in [0, 0.1) is 20.8 Å². The van der Waals surface area contributed by atoms with Crippen molar-refractivity contribution in [2.45, 2.75) is 32.6 Å². The van der Waals surface area contributed by atoms with E-state index < -0.39 is 10.0 Å². The average Bonchev–Trinajstić information content (AvgIpc) is 3.11. The van der Waals surface area contributed by atoms with Gasteiger partial charge in [0, 0.05) is 23.2 Å². The summed E-state index contributed by atoms with van der Waals surface area (Å²) in [6.07, 6.45) is 0. The van der Waals surface area contributed by atoms with E-state index in [-0.39, 0.29) is 16.6 Å². The number of carbonyl (C=O) groups is 1. The van der Waals surface area contributed by atoms with E-state index in [4.69, 9.17) is 4.42 Å². The van der Waals surface area contributed by atoms with Crippen LogP contribution in [0.15, 0.2) is 76.0 Å². The topological polar surface area (TPSA) is 79.6 Å². The van der Waals surface area contributed by atoms with Gasteiger partial charge in [0.05, 0.1) is 10.6 Å². The SMILES string of the molecule is CCN(c1ccccc1)S(=O)(=O)c1ccc(NC(=O)c2oc3cc(C)c(C)cc3c2C)cc1. The number of nitrogens with zero attached hydrogens (tertiary/aromatic N) is 1. The van der Waals surface area contributed by atoms with Gasteiger partial charge in [-0.2, -0.15) is 0 Å². The number of benzene rings is 3. The maximum absolute atomic E-state index is 13.1. The number of sulfonamides is 1. The number of para-hydroxylation sites is 1. The molecular weight excluding hydrogens is 436 g/mol. The van der Waals surface area contributed by atoms with Gasteiger partial charge in [0.2, 0.25) is 0 Å². The second kappa shape index (κ2) is 8.75. The second-order valence-electron chi connectivity index (χ2n) is 7.97. The van der Waals surface area contributed by atoms with Crippen LogP contribution in [0.4, 0.5) is 11.4 Å². The summed E-state index contributed by atoms with van der Waals surface area (Å²) in [4.78, 5) is 13.0. The highest BCUT2D eigenvalue weighted by Crippen LogP contribution is 2.29. The number of amides is 1. The molecule has 33 heavy (non-hydrogen) atoms. The molecule has 0 atom stereocenters. The molecule has 0 saturated carbocycles. The van der Waals surface area contributed by atoms with Gasteiger partial charge in [-0.05, 0) is 87.4 Å². The summed E-state index contributed by atoms with van der Waals surface area (Å²) in [6.45, 7) is 7.97. The van der Waals surface area contributed by atoms with Crippen molar-refractivity contribution in [2.75, 3.05) is 16.2 Å². The fraction of sp³-hybridized carbons (Fsp3) is 0.192. The average molecular weight is 463 g/mol. The van der Waals surface area contributed by atoms with Gasteiger partial charge in [0.15, 0.2) is 5.76 Å². The number of rotatable bonds is 6. The van der Waals surface area contributed by atoms with Crippen molar-refractivity contribution in [3.63, 3.8) is 0 Å². The molecule has 1 amide bonds. The van der Waals surface area contributed by atoms with E-state index in [9.17, 15) is 13.2 Å². The first kappa shape index (κ1) is 22.6. The lowest BCUT2D eigenvalue weighted by Gasteiger charge is -2.23. The lowest BCUT2D eigenvalue weighted by molar-refractivity contribution is 0.0998. The maximum Gasteiger partial charge on any atom is 0.291 e. The Labute approximate surface area is 193 Å². The van der Waals surface area contributed by atoms with Crippen LogP contribution in [0.25, 0.3) is 11.0 Å². The lowest BCUT2D eigenvalue weighted by atomic mass is 10.1. The van der Waals surface area contributed by atoms with Crippen LogP contribution in [-0.4, -0.2) is 20.9 Å². The first-order chi connectivity index (χ1) is 15.7. The normalized spacial score (nSPS) is 11.5. The largest absolute Gasteiger partial charge is 0.451 e. The minimum Gasteiger partial charge on any atom is -0.451 e. The van der Waals surface area contributed by atoms with E-state index in [1.54, 1.807) is 43.3 Å². The number of hydrogen-bond donors (Lipinski definition) is 1. The number of anilines is 2. The van der Waals surface area contributed by atoms with Crippen molar-refractivity contribution >= 4 is 38.3 Å². The summed E-state index contributed by atoms with van der Waals surface area (Å²) in [7, 11) is -3.73. The van der Waals surface area contributed by atoms with Crippen molar-refractivity contribution in [3.05, 3.63) is 89.2 Å². The first-order valence-electron chi connectivity index (χ1n) is 10.7. The Morgan fingerprint density at radius 1 is 0.939 bits per heavy atom. The molecule has 0 bridgehead atoms. The highest BCUT2D eigenvalue weighted by atomic mass is 32.2. The summed E-state index contributed by atoms with van der Waals surface area (Å²) in [5.41, 5.74) is 4.74. The summed E-state index contributed by atoms with van der Waals surface area (Å²) >= 11 is 0. The number of nitrogens with one attached hydrogen (secondary N) is 1. The van der Waals surface area contributed by atoms with E-state index in [0.717, 1.165) is 22.1 Å². The number of carbonyl (C=O) groups excluding carboxylic acids is 1. The van der Waals surface area contributed by atoms with E-state index in [1.807, 2.05) is 39.0 Å². The summed E-state index contributed by atoms with van der Waals surface area (Å²) in [5.74, 6) is -0.137. The molecule has 0 unspecified atom stereocenters. The van der Waals surface area contributed by atoms with Crippen molar-refractivity contribution < 1.29 is 17.6 Å². The molecule has 1 aromatic heterocycles. The summed E-state index contributed by atoms with van der Waals surface area (Å²) in [5, 5.41) is 3.71. The van der Waals surface area contributed by atoms with Crippen molar-refractivity contribution in [1.29, 1.82) is 0 Å². The predicted molar refractivity (Wildman–Crippen MR) is 131 cm³/mol. The molecular formula is C26H26N2O4S. The van der Waals surface area contributed by atoms with Crippen molar-refractivity contribution in [2.24, 2.45) is 0 Å². The lowest BCUT2D eigenvalue weighted by Crippen LogP contribution is -2.30. The highest BCUT2D eigenvalue weighted by Gasteiger charge is 2.24. The standard InChI is InChI=1S/C26H26N2O4S/c1-5-28(21-9-7-6-8-10-21)33(30,31)22-13-11-20(12-14-22)27-26(29)25-19(4)23-15-17(2)18(3)16-24(23)32-25/h6-16H,5H2,1-4H3,(H,27,29). The van der Waals surface area contributed by atoms with Crippen LogP contribution >= 0.6 is 0 Å². The van der Waals surface area contributed by atoms with Gasteiger partial charge >= 0.3 is 0 Å². The monoisotopic (exact) mass is 462 g/mol. The van der Waals surface area contributed by atoms with Gasteiger partial charge in [-0.15, -0.1) is 0 Å². The molecule has 0 radical (unpaired) electrons. The Morgan fingerprint density at radius 2 is 1.58 bits per heavy atom. The van der Waals surface area contributed by atoms with Gasteiger partial charge in [0.1, 0.15) is 5.58 Å². The van der Waals surface area contributed by atoms with Crippen LogP contribution in [0.5, 0.6) is 0 Å². The van der Waals surface area contributed by atoms with Crippen LogP contribution in [0.1, 0.15) is 34.2 Å². The van der Waals surface area contributed by atoms with Gasteiger partial charge in [-0.25, -0.2) is 8.42 Å². The highest BCUT2D eigenvalue weighted by molar-refractivity contribution is 7.92. The first-order valence-corrected chi connectivity index (χ1v) is 12.2. The zero-order valence-electron chi connectivity index (χ0n) is 19.0. The van der Waals surface area contributed by atoms with Crippen molar-refractivity contribution in [1.82, 2.24) is 0 Å². The second-order valence-corrected chi connectivity index (χ2v) is 9.83. The smallest absolute Gasteiger partial charge is 0.291 e. The third-order valence-corrected chi connectivity index (χ3v) is 7.71. The number of furan rings is 1. The number of aryl methyl sites for hydroxylation is 3. The molecule has 6 nitrogen and oxygen atoms in total. The van der Waals surface area contributed by atoms with Gasteiger partial charge in [-0.3, -0.25) is 9.10 Å². The van der Waals surface area contributed by atoms with E-state index >= 15 is 0 Å². The molecule has 0 aliphatic carbocycles. The molecule has 1 N–H and O–H groups in total. The predicted octanol–water partition coefficient (Wildman–Crippen LogP) is 5.83. The molecule has 3 aromatic carbocycles. The van der Waals surface area contributed by atoms with Crippen molar-refractivity contribution in [3.8, 4) is 0 Å². The van der Waals surface area contributed by atoms with Crippen LogP contribution in [0.2, 0.25) is 0 Å². The van der Waals surface area contributed by atoms with Gasteiger partial charge < -0.3 is 9.73 Å². The molecule has 0 fully saturated rings. The number of fused-ring (bicyclic) bond motifs is 1. The molecule has 0 aliphatic heterocycles. The molecule has 4 aromatic rings. The van der Waals surface area contributed by atoms with Gasteiger partial charge in [0.25, 0.3) is 15.9 Å². The number of hydrogen-bond acceptors (Lipinski definition) is 4. The Balaban J connectivity index is 1.57. The third-order valence-electron chi connectivity index (χ3n) is 5.79. The van der Waals surface area contributed by atoms with E-state index in [1.165, 1.54) is 16.4 Å². The van der Waals surface area contributed by atoms with Crippen LogP contribution in [-0.2, 0) is 10.0 Å². The fourth-order valence-electron chi connectivity index (χ4n) is 3.80. The van der Waals surface area contributed by atoms with E-state index in [2.05, 4.69) is 5.32 Å². The zero-order valence-corrected chi connectivity index (χ0v) is 19.9. The molecule has 0 spiro atoms. The minimum atomic E-state index is -3.73. The Bertz CT molecular complexity index is 1420. The van der Waals surface area contributed by atoms with Crippen LogP contribution < -0.4 is 9.62 Å². The maximum atomic E-state index is 13.1. The van der Waals surface area contributed by atoms with E-state index in [0.29, 0.717) is 23.5 Å². The summed E-state index contributed by atoms with van der Waals surface area (Å²) < 4.78 is 33.5. The third kappa shape index (κ3) is 4.24. The fourth-order valence-corrected chi connectivity index (χ4v) is 5.28. The summed E-state index contributed by atoms with van der Waals surface area (Å²) in [6, 6.07) is 19.1.